The predicted octanol–water partition coefficient (Wildman–Crippen LogP) is 5.57. The number of para-hydroxylation sites is 1. The molecule has 9 heteroatoms. The normalized spacial score (nSPS) is 17.1. The molecule has 1 N–H and O–H groups in total. The summed E-state index contributed by atoms with van der Waals surface area (Å²) in [7, 11) is 0. The molecule has 0 bridgehead atoms. The Labute approximate surface area is 201 Å². The summed E-state index contributed by atoms with van der Waals surface area (Å²) < 4.78 is 24.2. The van der Waals surface area contributed by atoms with E-state index in [4.69, 9.17) is 9.72 Å². The lowest BCUT2D eigenvalue weighted by molar-refractivity contribution is -0.0298. The highest BCUT2D eigenvalue weighted by atomic mass is 19.1. The molecule has 0 spiro atoms. The molecular weight excluding hydrogens is 445 g/mol. The Bertz CT molecular complexity index is 1470. The van der Waals surface area contributed by atoms with Gasteiger partial charge >= 0.3 is 0 Å². The fourth-order valence-electron chi connectivity index (χ4n) is 4.77. The average molecular weight is 472 g/mol. The number of fused-ring (bicyclic) bond motifs is 2. The van der Waals surface area contributed by atoms with Crippen molar-refractivity contribution in [1.29, 1.82) is 0 Å². The predicted molar refractivity (Wildman–Crippen MR) is 132 cm³/mol. The van der Waals surface area contributed by atoms with Crippen LogP contribution in [0.1, 0.15) is 50.7 Å². The third-order valence-corrected chi connectivity index (χ3v) is 6.51. The second kappa shape index (κ2) is 9.07. The number of benzene rings is 2. The van der Waals surface area contributed by atoms with Crippen LogP contribution in [0.4, 0.5) is 10.2 Å². The number of aromatic nitrogens is 6. The molecule has 3 aromatic heterocycles. The molecule has 178 valence electrons. The largest absolute Gasteiger partial charge is 0.358 e. The van der Waals surface area contributed by atoms with E-state index in [1.165, 1.54) is 12.1 Å². The van der Waals surface area contributed by atoms with Crippen LogP contribution in [0.5, 0.6) is 0 Å². The summed E-state index contributed by atoms with van der Waals surface area (Å²) >= 11 is 0. The monoisotopic (exact) mass is 471 g/mol. The molecule has 0 aliphatic carbocycles. The molecule has 1 unspecified atom stereocenters. The van der Waals surface area contributed by atoms with Crippen molar-refractivity contribution < 1.29 is 9.13 Å². The first-order valence-corrected chi connectivity index (χ1v) is 12.0. The van der Waals surface area contributed by atoms with Gasteiger partial charge in [0.1, 0.15) is 24.2 Å². The van der Waals surface area contributed by atoms with E-state index < -0.39 is 0 Å². The van der Waals surface area contributed by atoms with Crippen molar-refractivity contribution in [2.75, 3.05) is 11.9 Å². The molecule has 8 nitrogen and oxygen atoms in total. The van der Waals surface area contributed by atoms with Gasteiger partial charge in [0.25, 0.3) is 0 Å². The zero-order valence-electron chi connectivity index (χ0n) is 19.4. The number of rotatable bonds is 6. The highest BCUT2D eigenvalue weighted by Crippen LogP contribution is 2.32. The minimum atomic E-state index is -0.296. The van der Waals surface area contributed by atoms with Crippen LogP contribution in [0.2, 0.25) is 0 Å². The van der Waals surface area contributed by atoms with E-state index in [0.717, 1.165) is 60.5 Å². The number of nitrogens with one attached hydrogen (secondary N) is 1. The van der Waals surface area contributed by atoms with E-state index in [9.17, 15) is 4.39 Å². The molecular formula is C26H26FN7O. The highest BCUT2D eigenvalue weighted by Gasteiger charge is 2.24. The van der Waals surface area contributed by atoms with Gasteiger partial charge in [0, 0.05) is 18.4 Å². The number of hydrogen-bond acceptors (Lipinski definition) is 6. The molecule has 0 amide bonds. The summed E-state index contributed by atoms with van der Waals surface area (Å²) in [4.78, 5) is 18.5. The van der Waals surface area contributed by atoms with E-state index in [1.807, 2.05) is 39.5 Å². The molecule has 1 saturated heterocycles. The van der Waals surface area contributed by atoms with Crippen LogP contribution in [-0.2, 0) is 4.74 Å². The number of nitrogens with zero attached hydrogens (tertiary/aromatic N) is 6. The summed E-state index contributed by atoms with van der Waals surface area (Å²) in [6.45, 7) is 2.83. The van der Waals surface area contributed by atoms with Gasteiger partial charge in [-0.05, 0) is 49.9 Å². The van der Waals surface area contributed by atoms with Crippen molar-refractivity contribution in [3.63, 3.8) is 0 Å². The van der Waals surface area contributed by atoms with Crippen molar-refractivity contribution >= 4 is 28.0 Å². The van der Waals surface area contributed by atoms with Gasteiger partial charge in [0.05, 0.1) is 23.4 Å². The van der Waals surface area contributed by atoms with E-state index in [2.05, 4.69) is 27.2 Å². The number of ether oxygens (including phenoxy) is 1. The van der Waals surface area contributed by atoms with Crippen LogP contribution in [0.15, 0.2) is 61.2 Å². The van der Waals surface area contributed by atoms with Gasteiger partial charge in [-0.15, -0.1) is 0 Å². The van der Waals surface area contributed by atoms with Crippen LogP contribution in [0, 0.1) is 5.82 Å². The molecule has 0 saturated carbocycles. The Morgan fingerprint density at radius 2 is 2.00 bits per heavy atom. The van der Waals surface area contributed by atoms with Crippen LogP contribution < -0.4 is 5.32 Å². The molecule has 6 rings (SSSR count). The minimum Gasteiger partial charge on any atom is -0.358 e. The van der Waals surface area contributed by atoms with E-state index in [-0.39, 0.29) is 18.1 Å². The lowest BCUT2D eigenvalue weighted by atomic mass is 10.2. The van der Waals surface area contributed by atoms with E-state index >= 15 is 0 Å². The second-order valence-electron chi connectivity index (χ2n) is 8.75. The summed E-state index contributed by atoms with van der Waals surface area (Å²) in [6.07, 6.45) is 7.14. The molecule has 4 heterocycles. The highest BCUT2D eigenvalue weighted by molar-refractivity contribution is 5.83. The smallest absolute Gasteiger partial charge is 0.167 e. The van der Waals surface area contributed by atoms with Crippen molar-refractivity contribution in [2.24, 2.45) is 0 Å². The maximum Gasteiger partial charge on any atom is 0.167 e. The zero-order chi connectivity index (χ0) is 23.8. The molecule has 1 aliphatic heterocycles. The van der Waals surface area contributed by atoms with Crippen LogP contribution in [0.25, 0.3) is 27.9 Å². The first-order valence-electron chi connectivity index (χ1n) is 12.0. The van der Waals surface area contributed by atoms with Gasteiger partial charge in [0.2, 0.25) is 0 Å². The molecule has 35 heavy (non-hydrogen) atoms. The molecule has 2 atom stereocenters. The van der Waals surface area contributed by atoms with Gasteiger partial charge in [-0.25, -0.2) is 24.3 Å². The Balaban J connectivity index is 1.42. The van der Waals surface area contributed by atoms with E-state index in [0.29, 0.717) is 11.3 Å². The maximum absolute atomic E-state index is 14.2. The first kappa shape index (κ1) is 21.7. The number of halogens is 1. The van der Waals surface area contributed by atoms with Crippen molar-refractivity contribution in [3.8, 4) is 5.69 Å². The van der Waals surface area contributed by atoms with Crippen LogP contribution in [0.3, 0.4) is 0 Å². The average Bonchev–Trinajstić information content (AvgIpc) is 3.50. The third kappa shape index (κ3) is 3.91. The van der Waals surface area contributed by atoms with E-state index in [1.54, 1.807) is 18.7 Å². The zero-order valence-corrected chi connectivity index (χ0v) is 19.4. The standard InChI is InChI=1S/C26H26FN7O/c1-2-19(25-32-20-12-11-17(27)14-21(20)34(25)18-8-4-3-5-9-18)31-24-23-26(29-15-28-24)33(16-30-23)22-10-6-7-13-35-22/h3-5,8-9,11-12,14-16,19,22H,2,6-7,10,13H2,1H3,(H,28,29,31)/t19?,22-/m0/s1. The number of hydrogen-bond donors (Lipinski definition) is 1. The first-order chi connectivity index (χ1) is 17.2. The minimum absolute atomic E-state index is 0.0596. The van der Waals surface area contributed by atoms with Crippen LogP contribution in [-0.4, -0.2) is 35.7 Å². The van der Waals surface area contributed by atoms with Gasteiger partial charge in [-0.2, -0.15) is 0 Å². The quantitative estimate of drug-likeness (QED) is 0.349. The number of anilines is 1. The maximum atomic E-state index is 14.2. The Kier molecular flexibility index (Phi) is 5.61. The second-order valence-corrected chi connectivity index (χ2v) is 8.75. The van der Waals surface area contributed by atoms with Crippen molar-refractivity contribution in [1.82, 2.24) is 29.1 Å². The SMILES string of the molecule is CCC(Nc1ncnc2c1ncn2[C@@H]1CCCCO1)c1nc2ccc(F)cc2n1-c1ccccc1. The Hall–Kier alpha value is -3.85. The third-order valence-electron chi connectivity index (χ3n) is 6.51. The lowest BCUT2D eigenvalue weighted by Gasteiger charge is -2.23. The fraction of sp³-hybridized carbons (Fsp3) is 0.308. The van der Waals surface area contributed by atoms with Gasteiger partial charge in [-0.3, -0.25) is 9.13 Å². The summed E-state index contributed by atoms with van der Waals surface area (Å²) in [5.74, 6) is 1.12. The van der Waals surface area contributed by atoms with Gasteiger partial charge in [0.15, 0.2) is 17.0 Å². The summed E-state index contributed by atoms with van der Waals surface area (Å²) in [5.41, 5.74) is 3.80. The summed E-state index contributed by atoms with van der Waals surface area (Å²) in [5, 5.41) is 3.55. The van der Waals surface area contributed by atoms with Gasteiger partial charge < -0.3 is 10.1 Å². The Morgan fingerprint density at radius 1 is 1.11 bits per heavy atom. The summed E-state index contributed by atoms with van der Waals surface area (Å²) in [6, 6.07) is 14.4. The number of imidazole rings is 2. The fourth-order valence-corrected chi connectivity index (χ4v) is 4.77. The molecule has 1 fully saturated rings. The van der Waals surface area contributed by atoms with Crippen LogP contribution >= 0.6 is 0 Å². The van der Waals surface area contributed by atoms with Crippen molar-refractivity contribution in [3.05, 3.63) is 72.8 Å². The van der Waals surface area contributed by atoms with Gasteiger partial charge in [-0.1, -0.05) is 25.1 Å². The Morgan fingerprint density at radius 3 is 2.80 bits per heavy atom. The molecule has 0 radical (unpaired) electrons. The lowest BCUT2D eigenvalue weighted by Crippen LogP contribution is -2.18. The van der Waals surface area contributed by atoms with Crippen molar-refractivity contribution in [2.45, 2.75) is 44.9 Å². The molecule has 2 aromatic carbocycles. The molecule has 5 aromatic rings. The topological polar surface area (TPSA) is 82.7 Å². The molecule has 1 aliphatic rings.